The number of amides is 1. The molecule has 1 amide bonds. The molecule has 0 aliphatic carbocycles. The quantitative estimate of drug-likeness (QED) is 0.333. The minimum absolute atomic E-state index is 0.0439. The van der Waals surface area contributed by atoms with Crippen LogP contribution in [0.15, 0.2) is 71.8 Å². The Morgan fingerprint density at radius 1 is 1.00 bits per heavy atom. The second kappa shape index (κ2) is 9.19. The summed E-state index contributed by atoms with van der Waals surface area (Å²) in [5.41, 5.74) is 3.65. The SMILES string of the molecule is CC(C)NC(=O)c1[nH]c2ncc(NS(=O)(=O)c3ccc(C(C)(C)C)cc3)cc2c1-c1ccccc1. The number of hydrogen-bond acceptors (Lipinski definition) is 4. The predicted molar refractivity (Wildman–Crippen MR) is 140 cm³/mol. The van der Waals surface area contributed by atoms with Gasteiger partial charge in [0.1, 0.15) is 11.3 Å². The maximum absolute atomic E-state index is 13.1. The summed E-state index contributed by atoms with van der Waals surface area (Å²) in [5, 5.41) is 3.56. The molecule has 8 heteroatoms. The summed E-state index contributed by atoms with van der Waals surface area (Å²) in [4.78, 5) is 20.6. The van der Waals surface area contributed by atoms with Crippen molar-refractivity contribution >= 4 is 32.7 Å². The zero-order chi connectivity index (χ0) is 25.4. The number of hydrogen-bond donors (Lipinski definition) is 3. The number of carbonyl (C=O) groups is 1. The van der Waals surface area contributed by atoms with E-state index in [1.165, 1.54) is 6.20 Å². The highest BCUT2D eigenvalue weighted by atomic mass is 32.2. The van der Waals surface area contributed by atoms with E-state index in [4.69, 9.17) is 0 Å². The van der Waals surface area contributed by atoms with Crippen LogP contribution in [0.1, 0.15) is 50.7 Å². The third-order valence-electron chi connectivity index (χ3n) is 5.64. The van der Waals surface area contributed by atoms with Crippen molar-refractivity contribution in [2.75, 3.05) is 4.72 Å². The Balaban J connectivity index is 1.75. The Hall–Kier alpha value is -3.65. The first kappa shape index (κ1) is 24.5. The second-order valence-electron chi connectivity index (χ2n) is 9.87. The number of aromatic nitrogens is 2. The van der Waals surface area contributed by atoms with Gasteiger partial charge in [-0.05, 0) is 48.6 Å². The molecule has 0 radical (unpaired) electrons. The van der Waals surface area contributed by atoms with E-state index in [0.717, 1.165) is 11.1 Å². The first-order valence-corrected chi connectivity index (χ1v) is 13.0. The largest absolute Gasteiger partial charge is 0.349 e. The zero-order valence-electron chi connectivity index (χ0n) is 20.5. The summed E-state index contributed by atoms with van der Waals surface area (Å²) in [6, 6.07) is 18.0. The van der Waals surface area contributed by atoms with Gasteiger partial charge in [0.2, 0.25) is 0 Å². The van der Waals surface area contributed by atoms with Gasteiger partial charge in [0.05, 0.1) is 16.8 Å². The van der Waals surface area contributed by atoms with Gasteiger partial charge in [-0.15, -0.1) is 0 Å². The third kappa shape index (κ3) is 5.22. The topological polar surface area (TPSA) is 104 Å². The number of nitrogens with one attached hydrogen (secondary N) is 3. The maximum Gasteiger partial charge on any atom is 0.268 e. The molecule has 0 bridgehead atoms. The highest BCUT2D eigenvalue weighted by Gasteiger charge is 2.22. The minimum Gasteiger partial charge on any atom is -0.349 e. The van der Waals surface area contributed by atoms with Crippen LogP contribution in [-0.4, -0.2) is 30.3 Å². The Morgan fingerprint density at radius 2 is 1.66 bits per heavy atom. The normalized spacial score (nSPS) is 12.2. The van der Waals surface area contributed by atoms with Gasteiger partial charge < -0.3 is 10.3 Å². The molecule has 4 aromatic rings. The van der Waals surface area contributed by atoms with Gasteiger partial charge in [-0.2, -0.15) is 0 Å². The van der Waals surface area contributed by atoms with Crippen LogP contribution in [0.4, 0.5) is 5.69 Å². The van der Waals surface area contributed by atoms with Crippen LogP contribution in [0.2, 0.25) is 0 Å². The maximum atomic E-state index is 13.1. The van der Waals surface area contributed by atoms with E-state index in [1.807, 2.05) is 56.3 Å². The third-order valence-corrected chi connectivity index (χ3v) is 7.04. The summed E-state index contributed by atoms with van der Waals surface area (Å²) in [7, 11) is -3.83. The fraction of sp³-hybridized carbons (Fsp3) is 0.259. The summed E-state index contributed by atoms with van der Waals surface area (Å²) < 4.78 is 28.8. The van der Waals surface area contributed by atoms with Crippen molar-refractivity contribution in [2.24, 2.45) is 0 Å². The van der Waals surface area contributed by atoms with Crippen LogP contribution in [-0.2, 0) is 15.4 Å². The lowest BCUT2D eigenvalue weighted by Crippen LogP contribution is -2.30. The van der Waals surface area contributed by atoms with Crippen LogP contribution in [0.25, 0.3) is 22.2 Å². The molecule has 0 saturated heterocycles. The first-order valence-electron chi connectivity index (χ1n) is 11.5. The van der Waals surface area contributed by atoms with E-state index in [0.29, 0.717) is 28.0 Å². The van der Waals surface area contributed by atoms with Crippen LogP contribution in [0, 0.1) is 0 Å². The number of nitrogens with zero attached hydrogens (tertiary/aromatic N) is 1. The predicted octanol–water partition coefficient (Wildman–Crippen LogP) is 5.47. The van der Waals surface area contributed by atoms with Gasteiger partial charge in [0, 0.05) is 17.0 Å². The number of sulfonamides is 1. The van der Waals surface area contributed by atoms with Crippen molar-refractivity contribution in [3.63, 3.8) is 0 Å². The molecular formula is C27H30N4O3S. The smallest absolute Gasteiger partial charge is 0.268 e. The molecule has 182 valence electrons. The van der Waals surface area contributed by atoms with Crippen molar-refractivity contribution in [1.82, 2.24) is 15.3 Å². The minimum atomic E-state index is -3.83. The number of rotatable bonds is 6. The van der Waals surface area contributed by atoms with Gasteiger partial charge in [-0.25, -0.2) is 13.4 Å². The number of pyridine rings is 1. The molecule has 35 heavy (non-hydrogen) atoms. The van der Waals surface area contributed by atoms with E-state index >= 15 is 0 Å². The van der Waals surface area contributed by atoms with Gasteiger partial charge in [-0.1, -0.05) is 63.2 Å². The molecule has 0 fully saturated rings. The molecule has 2 aromatic heterocycles. The molecule has 7 nitrogen and oxygen atoms in total. The van der Waals surface area contributed by atoms with Crippen LogP contribution in [0.3, 0.4) is 0 Å². The molecule has 3 N–H and O–H groups in total. The Labute approximate surface area is 206 Å². The average molecular weight is 491 g/mol. The number of H-pyrrole nitrogens is 1. The lowest BCUT2D eigenvalue weighted by Gasteiger charge is -2.19. The monoisotopic (exact) mass is 490 g/mol. The van der Waals surface area contributed by atoms with Gasteiger partial charge in [0.25, 0.3) is 15.9 Å². The zero-order valence-corrected chi connectivity index (χ0v) is 21.3. The molecule has 4 rings (SSSR count). The number of carbonyl (C=O) groups excluding carboxylic acids is 1. The van der Waals surface area contributed by atoms with Gasteiger partial charge in [0.15, 0.2) is 0 Å². The molecular weight excluding hydrogens is 460 g/mol. The Bertz CT molecular complexity index is 1470. The van der Waals surface area contributed by atoms with Crippen LogP contribution in [0.5, 0.6) is 0 Å². The summed E-state index contributed by atoms with van der Waals surface area (Å²) >= 11 is 0. The number of fused-ring (bicyclic) bond motifs is 1. The molecule has 2 heterocycles. The van der Waals surface area contributed by atoms with Crippen molar-refractivity contribution in [1.29, 1.82) is 0 Å². The number of aromatic amines is 1. The van der Waals surface area contributed by atoms with Crippen molar-refractivity contribution in [2.45, 2.75) is 51.0 Å². The number of benzene rings is 2. The molecule has 0 aliphatic rings. The molecule has 0 atom stereocenters. The van der Waals surface area contributed by atoms with E-state index < -0.39 is 10.0 Å². The lowest BCUT2D eigenvalue weighted by molar-refractivity contribution is 0.0939. The van der Waals surface area contributed by atoms with Crippen LogP contribution < -0.4 is 10.0 Å². The van der Waals surface area contributed by atoms with E-state index in [-0.39, 0.29) is 22.3 Å². The highest BCUT2D eigenvalue weighted by molar-refractivity contribution is 7.92. The number of anilines is 1. The summed E-state index contributed by atoms with van der Waals surface area (Å²) in [6.07, 6.45) is 1.44. The summed E-state index contributed by atoms with van der Waals surface area (Å²) in [5.74, 6) is -0.252. The van der Waals surface area contributed by atoms with Crippen molar-refractivity contribution in [3.05, 3.63) is 78.1 Å². The molecule has 0 unspecified atom stereocenters. The van der Waals surface area contributed by atoms with Crippen molar-refractivity contribution < 1.29 is 13.2 Å². The van der Waals surface area contributed by atoms with Gasteiger partial charge in [-0.3, -0.25) is 9.52 Å². The molecule has 0 saturated carbocycles. The fourth-order valence-electron chi connectivity index (χ4n) is 3.88. The Morgan fingerprint density at radius 3 is 2.26 bits per heavy atom. The Kier molecular flexibility index (Phi) is 6.42. The lowest BCUT2D eigenvalue weighted by atomic mass is 9.87. The molecule has 2 aromatic carbocycles. The van der Waals surface area contributed by atoms with Crippen LogP contribution >= 0.6 is 0 Å². The first-order chi connectivity index (χ1) is 16.5. The second-order valence-corrected chi connectivity index (χ2v) is 11.6. The molecule has 0 spiro atoms. The van der Waals surface area contributed by atoms with Crippen molar-refractivity contribution in [3.8, 4) is 11.1 Å². The van der Waals surface area contributed by atoms with Gasteiger partial charge >= 0.3 is 0 Å². The molecule has 0 aliphatic heterocycles. The standard InChI is InChI=1S/C27H30N4O3S/c1-17(2)29-26(32)24-23(18-9-7-6-8-10-18)22-15-20(16-28-25(22)30-24)31-35(33,34)21-13-11-19(12-14-21)27(3,4)5/h6-17,31H,1-5H3,(H,28,30)(H,29,32). The highest BCUT2D eigenvalue weighted by Crippen LogP contribution is 2.33. The van der Waals surface area contributed by atoms with E-state index in [2.05, 4.69) is 40.8 Å². The summed E-state index contributed by atoms with van der Waals surface area (Å²) in [6.45, 7) is 10.0. The fourth-order valence-corrected chi connectivity index (χ4v) is 4.92. The average Bonchev–Trinajstić information content (AvgIpc) is 3.17. The van der Waals surface area contributed by atoms with E-state index in [1.54, 1.807) is 18.2 Å². The van der Waals surface area contributed by atoms with E-state index in [9.17, 15) is 13.2 Å².